The Hall–Kier alpha value is -3.03. The molecule has 0 aromatic heterocycles. The predicted octanol–water partition coefficient (Wildman–Crippen LogP) is 5.54. The van der Waals surface area contributed by atoms with Crippen LogP contribution in [0.5, 0.6) is 11.5 Å². The molecule has 1 saturated heterocycles. The first-order valence-electron chi connectivity index (χ1n) is 11.3. The molecule has 4 rings (SSSR count). The van der Waals surface area contributed by atoms with E-state index in [-0.39, 0.29) is 17.7 Å². The van der Waals surface area contributed by atoms with Gasteiger partial charge in [0.2, 0.25) is 0 Å². The van der Waals surface area contributed by atoms with Crippen LogP contribution >= 0.6 is 0 Å². The lowest BCUT2D eigenvalue weighted by Crippen LogP contribution is -2.53. The Kier molecular flexibility index (Phi) is 7.44. The van der Waals surface area contributed by atoms with E-state index in [9.17, 15) is 13.2 Å². The number of ether oxygens (including phenoxy) is 2. The van der Waals surface area contributed by atoms with Crippen molar-refractivity contribution in [1.29, 1.82) is 0 Å². The largest absolute Gasteiger partial charge is 0.573 e. The fourth-order valence-corrected chi connectivity index (χ4v) is 4.74. The van der Waals surface area contributed by atoms with Crippen LogP contribution in [-0.2, 0) is 6.54 Å². The Balaban J connectivity index is 1.60. The molecule has 3 aromatic rings. The summed E-state index contributed by atoms with van der Waals surface area (Å²) in [6.07, 6.45) is -4.73. The molecule has 1 aliphatic heterocycles. The van der Waals surface area contributed by atoms with Gasteiger partial charge in [-0.25, -0.2) is 0 Å². The van der Waals surface area contributed by atoms with Gasteiger partial charge in [-0.15, -0.1) is 13.2 Å². The Morgan fingerprint density at radius 3 is 2.09 bits per heavy atom. The summed E-state index contributed by atoms with van der Waals surface area (Å²) in [5.74, 6) is 0.477. The van der Waals surface area contributed by atoms with E-state index in [1.54, 1.807) is 0 Å². The highest BCUT2D eigenvalue weighted by molar-refractivity contribution is 5.40. The third kappa shape index (κ3) is 5.90. The minimum Gasteiger partial charge on any atom is -0.496 e. The van der Waals surface area contributed by atoms with Crippen LogP contribution in [0.4, 0.5) is 13.2 Å². The first-order valence-corrected chi connectivity index (χ1v) is 11.3. The van der Waals surface area contributed by atoms with Crippen LogP contribution in [0.3, 0.4) is 0 Å². The third-order valence-corrected chi connectivity index (χ3v) is 6.36. The summed E-state index contributed by atoms with van der Waals surface area (Å²) in [6.45, 7) is 2.88. The van der Waals surface area contributed by atoms with Gasteiger partial charge in [0.05, 0.1) is 7.11 Å². The van der Waals surface area contributed by atoms with Gasteiger partial charge in [-0.2, -0.15) is 0 Å². The number of rotatable bonds is 7. The predicted molar refractivity (Wildman–Crippen MR) is 126 cm³/mol. The van der Waals surface area contributed by atoms with E-state index >= 15 is 0 Å². The van der Waals surface area contributed by atoms with Gasteiger partial charge in [0, 0.05) is 43.7 Å². The summed E-state index contributed by atoms with van der Waals surface area (Å²) in [6, 6.07) is 25.3. The second-order valence-corrected chi connectivity index (χ2v) is 8.60. The lowest BCUT2D eigenvalue weighted by atomic mass is 9.83. The van der Waals surface area contributed by atoms with E-state index in [1.807, 2.05) is 12.1 Å². The number of benzene rings is 3. The van der Waals surface area contributed by atoms with Crippen LogP contribution in [0.2, 0.25) is 0 Å². The maximum absolute atomic E-state index is 12.8. The van der Waals surface area contributed by atoms with Crippen molar-refractivity contribution >= 4 is 0 Å². The normalized spacial score (nSPS) is 17.6. The van der Waals surface area contributed by atoms with Crippen molar-refractivity contribution < 1.29 is 22.6 Å². The molecule has 0 saturated carbocycles. The van der Waals surface area contributed by atoms with Crippen LogP contribution < -0.4 is 9.47 Å². The zero-order valence-electron chi connectivity index (χ0n) is 19.3. The summed E-state index contributed by atoms with van der Waals surface area (Å²) in [7, 11) is 3.66. The minimum absolute atomic E-state index is 0.164. The molecule has 7 heteroatoms. The molecule has 0 radical (unpaired) electrons. The number of hydrogen-bond donors (Lipinski definition) is 0. The average molecular weight is 471 g/mol. The van der Waals surface area contributed by atoms with E-state index in [2.05, 4.69) is 70.1 Å². The van der Waals surface area contributed by atoms with Gasteiger partial charge >= 0.3 is 6.36 Å². The minimum atomic E-state index is -4.73. The van der Waals surface area contributed by atoms with Crippen LogP contribution in [0.25, 0.3) is 0 Å². The smallest absolute Gasteiger partial charge is 0.496 e. The highest BCUT2D eigenvalue weighted by Crippen LogP contribution is 2.34. The Morgan fingerprint density at radius 1 is 0.912 bits per heavy atom. The lowest BCUT2D eigenvalue weighted by molar-refractivity contribution is -0.274. The number of likely N-dealkylation sites (N-methyl/N-ethyl adjacent to an activating group) is 1. The van der Waals surface area contributed by atoms with Crippen molar-refractivity contribution in [2.75, 3.05) is 33.8 Å². The summed E-state index contributed by atoms with van der Waals surface area (Å²) in [5.41, 5.74) is 3.15. The van der Waals surface area contributed by atoms with Crippen molar-refractivity contribution in [2.24, 2.45) is 0 Å². The second kappa shape index (κ2) is 10.5. The summed E-state index contributed by atoms with van der Waals surface area (Å²) < 4.78 is 47.8. The second-order valence-electron chi connectivity index (χ2n) is 8.60. The maximum Gasteiger partial charge on any atom is 0.573 e. The SMILES string of the molecule is COc1ccc(OC(F)(F)F)cc1CN1CCN(C)C(C(c2ccccc2)c2ccccc2)C1. The number of piperazine rings is 1. The molecule has 0 aliphatic carbocycles. The molecule has 0 amide bonds. The van der Waals surface area contributed by atoms with Crippen LogP contribution in [-0.4, -0.2) is 56.0 Å². The Labute approximate surface area is 198 Å². The van der Waals surface area contributed by atoms with Gasteiger partial charge in [0.15, 0.2) is 0 Å². The average Bonchev–Trinajstić information content (AvgIpc) is 2.82. The van der Waals surface area contributed by atoms with Gasteiger partial charge < -0.3 is 9.47 Å². The molecule has 1 aliphatic rings. The van der Waals surface area contributed by atoms with Gasteiger partial charge in [-0.05, 0) is 36.4 Å². The van der Waals surface area contributed by atoms with E-state index < -0.39 is 6.36 Å². The van der Waals surface area contributed by atoms with Crippen LogP contribution in [0.15, 0.2) is 78.9 Å². The first kappa shape index (κ1) is 24.1. The highest BCUT2D eigenvalue weighted by atomic mass is 19.4. The molecular weight excluding hydrogens is 441 g/mol. The van der Waals surface area contributed by atoms with E-state index in [4.69, 9.17) is 4.74 Å². The van der Waals surface area contributed by atoms with E-state index in [0.29, 0.717) is 17.9 Å². The fourth-order valence-electron chi connectivity index (χ4n) is 4.74. The lowest BCUT2D eigenvalue weighted by Gasteiger charge is -2.43. The number of halogens is 3. The molecule has 0 N–H and O–H groups in total. The summed E-state index contributed by atoms with van der Waals surface area (Å²) in [4.78, 5) is 4.65. The Bertz CT molecular complexity index is 1020. The van der Waals surface area contributed by atoms with Gasteiger partial charge in [-0.1, -0.05) is 60.7 Å². The fraction of sp³-hybridized carbons (Fsp3) is 0.333. The number of alkyl halides is 3. The van der Waals surface area contributed by atoms with Crippen LogP contribution in [0, 0.1) is 0 Å². The van der Waals surface area contributed by atoms with Crippen molar-refractivity contribution in [1.82, 2.24) is 9.80 Å². The zero-order chi connectivity index (χ0) is 24.1. The molecule has 1 heterocycles. The maximum atomic E-state index is 12.8. The molecule has 3 aromatic carbocycles. The van der Waals surface area contributed by atoms with Crippen molar-refractivity contribution in [3.8, 4) is 11.5 Å². The quantitative estimate of drug-likeness (QED) is 0.453. The molecule has 180 valence electrons. The first-order chi connectivity index (χ1) is 16.3. The third-order valence-electron chi connectivity index (χ3n) is 6.36. The molecule has 0 bridgehead atoms. The van der Waals surface area contributed by atoms with E-state index in [1.165, 1.54) is 36.4 Å². The van der Waals surface area contributed by atoms with Crippen molar-refractivity contribution in [3.05, 3.63) is 95.6 Å². The zero-order valence-corrected chi connectivity index (χ0v) is 19.3. The van der Waals surface area contributed by atoms with Crippen molar-refractivity contribution in [2.45, 2.75) is 24.9 Å². The monoisotopic (exact) mass is 470 g/mol. The van der Waals surface area contributed by atoms with Gasteiger partial charge in [0.25, 0.3) is 0 Å². The molecule has 4 nitrogen and oxygen atoms in total. The van der Waals surface area contributed by atoms with Crippen molar-refractivity contribution in [3.63, 3.8) is 0 Å². The number of nitrogens with zero attached hydrogens (tertiary/aromatic N) is 2. The van der Waals surface area contributed by atoms with E-state index in [0.717, 1.165) is 19.6 Å². The molecule has 1 unspecified atom stereocenters. The molecule has 1 fully saturated rings. The topological polar surface area (TPSA) is 24.9 Å². The summed E-state index contributed by atoms with van der Waals surface area (Å²) in [5, 5.41) is 0. The van der Waals surface area contributed by atoms with Crippen LogP contribution in [0.1, 0.15) is 22.6 Å². The summed E-state index contributed by atoms with van der Waals surface area (Å²) >= 11 is 0. The van der Waals surface area contributed by atoms with Gasteiger partial charge in [-0.3, -0.25) is 9.80 Å². The number of hydrogen-bond acceptors (Lipinski definition) is 4. The molecule has 34 heavy (non-hydrogen) atoms. The molecule has 0 spiro atoms. The number of methoxy groups -OCH3 is 1. The highest BCUT2D eigenvalue weighted by Gasteiger charge is 2.34. The standard InChI is InChI=1S/C27H29F3N2O2/c1-31-15-16-32(18-22-17-23(34-27(28,29)30)13-14-25(22)33-2)19-24(31)26(20-9-5-3-6-10-20)21-11-7-4-8-12-21/h3-14,17,24,26H,15-16,18-19H2,1-2H3. The molecule has 1 atom stereocenters. The van der Waals surface area contributed by atoms with Gasteiger partial charge in [0.1, 0.15) is 11.5 Å². The Morgan fingerprint density at radius 2 is 1.53 bits per heavy atom. The molecular formula is C27H29F3N2O2.